The second-order valence-corrected chi connectivity index (χ2v) is 4.13. The summed E-state index contributed by atoms with van der Waals surface area (Å²) in [5, 5.41) is 16.7. The molecule has 1 aliphatic rings. The summed E-state index contributed by atoms with van der Waals surface area (Å²) in [5.74, 6) is 0.521. The molecule has 1 aromatic heterocycles. The number of aliphatic hydroxyl groups excluding tert-OH is 1. The van der Waals surface area contributed by atoms with E-state index in [4.69, 9.17) is 5.11 Å². The van der Waals surface area contributed by atoms with Gasteiger partial charge < -0.3 is 10.0 Å². The highest BCUT2D eigenvalue weighted by Crippen LogP contribution is 2.15. The molecule has 1 N–H and O–H groups in total. The molecule has 1 aliphatic heterocycles. The second kappa shape index (κ2) is 5.23. The van der Waals surface area contributed by atoms with Gasteiger partial charge in [-0.25, -0.2) is 0 Å². The van der Waals surface area contributed by atoms with Crippen molar-refractivity contribution in [3.8, 4) is 0 Å². The lowest BCUT2D eigenvalue weighted by Crippen LogP contribution is -2.36. The van der Waals surface area contributed by atoms with Gasteiger partial charge in [-0.1, -0.05) is 5.21 Å². The topological polar surface area (TPSA) is 54.2 Å². The van der Waals surface area contributed by atoms with Crippen LogP contribution in [0, 0.1) is 5.92 Å². The Hall–Kier alpha value is -0.940. The van der Waals surface area contributed by atoms with Crippen molar-refractivity contribution < 1.29 is 5.11 Å². The number of hydrogen-bond donors (Lipinski definition) is 1. The molecular weight excluding hydrogens is 192 g/mol. The summed E-state index contributed by atoms with van der Waals surface area (Å²) in [6.45, 7) is 4.47. The Morgan fingerprint density at radius 3 is 2.67 bits per heavy atom. The van der Waals surface area contributed by atoms with E-state index in [9.17, 15) is 0 Å². The molecule has 2 rings (SSSR count). The van der Waals surface area contributed by atoms with Gasteiger partial charge in [0.05, 0.1) is 12.7 Å². The number of aromatic nitrogens is 3. The van der Waals surface area contributed by atoms with Crippen molar-refractivity contribution in [2.24, 2.45) is 5.92 Å². The fourth-order valence-corrected chi connectivity index (χ4v) is 1.99. The van der Waals surface area contributed by atoms with E-state index in [2.05, 4.69) is 15.2 Å². The van der Waals surface area contributed by atoms with Crippen LogP contribution in [-0.2, 0) is 6.54 Å². The third kappa shape index (κ3) is 3.00. The van der Waals surface area contributed by atoms with Crippen molar-refractivity contribution in [3.05, 3.63) is 12.4 Å². The summed E-state index contributed by atoms with van der Waals surface area (Å²) >= 11 is 0. The molecule has 2 heterocycles. The number of likely N-dealkylation sites (tertiary alicyclic amines) is 1. The smallest absolute Gasteiger partial charge is 0.0692 e. The molecule has 0 atom stereocenters. The van der Waals surface area contributed by atoms with Crippen LogP contribution in [0.2, 0.25) is 0 Å². The summed E-state index contributed by atoms with van der Waals surface area (Å²) < 4.78 is 1.86. The van der Waals surface area contributed by atoms with Crippen LogP contribution in [-0.4, -0.2) is 51.2 Å². The van der Waals surface area contributed by atoms with E-state index in [-0.39, 0.29) is 0 Å². The summed E-state index contributed by atoms with van der Waals surface area (Å²) in [6.07, 6.45) is 5.83. The Morgan fingerprint density at radius 1 is 1.27 bits per heavy atom. The largest absolute Gasteiger partial charge is 0.396 e. The van der Waals surface area contributed by atoms with E-state index < -0.39 is 0 Å². The second-order valence-electron chi connectivity index (χ2n) is 4.13. The van der Waals surface area contributed by atoms with Crippen LogP contribution in [0.25, 0.3) is 0 Å². The average molecular weight is 210 g/mol. The lowest BCUT2D eigenvalue weighted by Gasteiger charge is -2.30. The summed E-state index contributed by atoms with van der Waals surface area (Å²) in [6, 6.07) is 0. The minimum Gasteiger partial charge on any atom is -0.396 e. The van der Waals surface area contributed by atoms with Crippen LogP contribution < -0.4 is 0 Å². The van der Waals surface area contributed by atoms with Gasteiger partial charge in [0.15, 0.2) is 0 Å². The van der Waals surface area contributed by atoms with E-state index in [0.717, 1.165) is 39.0 Å². The number of rotatable bonds is 4. The Kier molecular flexibility index (Phi) is 3.69. The van der Waals surface area contributed by atoms with Crippen molar-refractivity contribution in [1.82, 2.24) is 19.9 Å². The Morgan fingerprint density at radius 2 is 2.07 bits per heavy atom. The van der Waals surface area contributed by atoms with E-state index >= 15 is 0 Å². The first-order valence-corrected chi connectivity index (χ1v) is 5.56. The van der Waals surface area contributed by atoms with Gasteiger partial charge in [0.1, 0.15) is 0 Å². The number of hydrogen-bond acceptors (Lipinski definition) is 4. The molecule has 0 aromatic carbocycles. The molecule has 5 heteroatoms. The van der Waals surface area contributed by atoms with Gasteiger partial charge in [-0.05, 0) is 31.8 Å². The van der Waals surface area contributed by atoms with Gasteiger partial charge in [-0.15, -0.1) is 5.10 Å². The molecule has 1 aromatic rings. The molecule has 0 aliphatic carbocycles. The summed E-state index contributed by atoms with van der Waals surface area (Å²) in [4.78, 5) is 2.42. The molecule has 0 radical (unpaired) electrons. The zero-order chi connectivity index (χ0) is 10.5. The van der Waals surface area contributed by atoms with Crippen LogP contribution in [0.3, 0.4) is 0 Å². The van der Waals surface area contributed by atoms with Gasteiger partial charge in [0, 0.05) is 19.3 Å². The van der Waals surface area contributed by atoms with Crippen LogP contribution in [0.1, 0.15) is 12.8 Å². The highest BCUT2D eigenvalue weighted by atomic mass is 16.3. The van der Waals surface area contributed by atoms with E-state index in [1.165, 1.54) is 0 Å². The molecule has 15 heavy (non-hydrogen) atoms. The van der Waals surface area contributed by atoms with E-state index in [1.54, 1.807) is 6.20 Å². The monoisotopic (exact) mass is 210 g/mol. The minimum atomic E-state index is 0.344. The van der Waals surface area contributed by atoms with Gasteiger partial charge in [-0.3, -0.25) is 4.68 Å². The lowest BCUT2D eigenvalue weighted by molar-refractivity contribution is 0.128. The normalized spacial score (nSPS) is 19.5. The highest BCUT2D eigenvalue weighted by molar-refractivity contribution is 4.72. The quantitative estimate of drug-likeness (QED) is 0.759. The van der Waals surface area contributed by atoms with Crippen molar-refractivity contribution in [2.45, 2.75) is 19.4 Å². The van der Waals surface area contributed by atoms with Gasteiger partial charge in [0.25, 0.3) is 0 Å². The average Bonchev–Trinajstić information content (AvgIpc) is 2.80. The highest BCUT2D eigenvalue weighted by Gasteiger charge is 2.17. The predicted octanol–water partition coefficient (Wildman–Crippen LogP) is -0.0176. The maximum absolute atomic E-state index is 9.02. The number of piperidine rings is 1. The Balaban J connectivity index is 1.69. The first-order chi connectivity index (χ1) is 7.38. The van der Waals surface area contributed by atoms with Crippen LogP contribution in [0.15, 0.2) is 12.4 Å². The maximum Gasteiger partial charge on any atom is 0.0692 e. The van der Waals surface area contributed by atoms with Crippen molar-refractivity contribution >= 4 is 0 Å². The Bertz CT molecular complexity index is 267. The first kappa shape index (κ1) is 10.6. The van der Waals surface area contributed by atoms with E-state index in [1.807, 2.05) is 10.9 Å². The number of nitrogens with zero attached hydrogens (tertiary/aromatic N) is 4. The summed E-state index contributed by atoms with van der Waals surface area (Å²) in [7, 11) is 0. The molecule has 0 spiro atoms. The zero-order valence-electron chi connectivity index (χ0n) is 8.92. The zero-order valence-corrected chi connectivity index (χ0v) is 8.92. The SMILES string of the molecule is OCC1CCN(CCn2ccnn2)CC1. The first-order valence-electron chi connectivity index (χ1n) is 5.56. The molecular formula is C10H18N4O. The third-order valence-electron chi connectivity index (χ3n) is 3.08. The van der Waals surface area contributed by atoms with Gasteiger partial charge in [-0.2, -0.15) is 0 Å². The lowest BCUT2D eigenvalue weighted by atomic mass is 9.98. The van der Waals surface area contributed by atoms with Gasteiger partial charge >= 0.3 is 0 Å². The van der Waals surface area contributed by atoms with Crippen LogP contribution >= 0.6 is 0 Å². The molecule has 1 saturated heterocycles. The Labute approximate surface area is 89.7 Å². The fraction of sp³-hybridized carbons (Fsp3) is 0.800. The summed E-state index contributed by atoms with van der Waals surface area (Å²) in [5.41, 5.74) is 0. The molecule has 1 fully saturated rings. The predicted molar refractivity (Wildman–Crippen MR) is 56.3 cm³/mol. The van der Waals surface area contributed by atoms with Crippen molar-refractivity contribution in [3.63, 3.8) is 0 Å². The van der Waals surface area contributed by atoms with Crippen LogP contribution in [0.4, 0.5) is 0 Å². The molecule has 0 unspecified atom stereocenters. The standard InChI is InChI=1S/C10H18N4O/c15-9-10-1-4-13(5-2-10)7-8-14-6-3-11-12-14/h3,6,10,15H,1-2,4-5,7-9H2. The van der Waals surface area contributed by atoms with E-state index in [0.29, 0.717) is 12.5 Å². The van der Waals surface area contributed by atoms with Crippen molar-refractivity contribution in [2.75, 3.05) is 26.2 Å². The molecule has 5 nitrogen and oxygen atoms in total. The molecule has 0 amide bonds. The number of aliphatic hydroxyl groups is 1. The fourth-order valence-electron chi connectivity index (χ4n) is 1.99. The third-order valence-corrected chi connectivity index (χ3v) is 3.08. The molecule has 0 saturated carbocycles. The van der Waals surface area contributed by atoms with Gasteiger partial charge in [0.2, 0.25) is 0 Å². The molecule has 0 bridgehead atoms. The van der Waals surface area contributed by atoms with Crippen LogP contribution in [0.5, 0.6) is 0 Å². The van der Waals surface area contributed by atoms with Crippen molar-refractivity contribution in [1.29, 1.82) is 0 Å². The molecule has 84 valence electrons. The maximum atomic E-state index is 9.02. The minimum absolute atomic E-state index is 0.344.